The predicted molar refractivity (Wildman–Crippen MR) is 76.9 cm³/mol. The minimum Gasteiger partial charge on any atom is -0.327 e. The summed E-state index contributed by atoms with van der Waals surface area (Å²) in [6.45, 7) is 2.23. The van der Waals surface area contributed by atoms with E-state index in [0.717, 1.165) is 35.2 Å². The molecule has 1 aromatic rings. The van der Waals surface area contributed by atoms with Crippen molar-refractivity contribution in [3.05, 3.63) is 34.1 Å². The van der Waals surface area contributed by atoms with Crippen molar-refractivity contribution in [2.45, 2.75) is 45.1 Å². The van der Waals surface area contributed by atoms with Gasteiger partial charge < -0.3 is 5.73 Å². The van der Waals surface area contributed by atoms with Crippen LogP contribution in [0.1, 0.15) is 38.2 Å². The van der Waals surface area contributed by atoms with Gasteiger partial charge in [-0.25, -0.2) is 4.39 Å². The summed E-state index contributed by atoms with van der Waals surface area (Å²) in [5, 5.41) is 0. The van der Waals surface area contributed by atoms with Crippen molar-refractivity contribution in [2.75, 3.05) is 0 Å². The second-order valence-corrected chi connectivity index (χ2v) is 6.37. The maximum Gasteiger partial charge on any atom is 0.127 e. The summed E-state index contributed by atoms with van der Waals surface area (Å²) < 4.78 is 14.6. The third kappa shape index (κ3) is 3.33. The van der Waals surface area contributed by atoms with Crippen LogP contribution < -0.4 is 5.73 Å². The summed E-state index contributed by atoms with van der Waals surface area (Å²) in [4.78, 5) is 0. The van der Waals surface area contributed by atoms with E-state index < -0.39 is 0 Å². The molecule has 100 valence electrons. The van der Waals surface area contributed by atoms with Crippen LogP contribution in [0.5, 0.6) is 0 Å². The lowest BCUT2D eigenvalue weighted by Crippen LogP contribution is -2.37. The first-order valence-electron chi connectivity index (χ1n) is 6.79. The Morgan fingerprint density at radius 1 is 1.39 bits per heavy atom. The van der Waals surface area contributed by atoms with Gasteiger partial charge in [0.1, 0.15) is 5.82 Å². The summed E-state index contributed by atoms with van der Waals surface area (Å²) in [5.74, 6) is 1.09. The van der Waals surface area contributed by atoms with Gasteiger partial charge in [-0.15, -0.1) is 0 Å². The highest BCUT2D eigenvalue weighted by Crippen LogP contribution is 2.33. The minimum absolute atomic E-state index is 0.116. The molecule has 1 fully saturated rings. The Labute approximate surface area is 117 Å². The van der Waals surface area contributed by atoms with Crippen LogP contribution in [-0.4, -0.2) is 6.04 Å². The first-order chi connectivity index (χ1) is 8.60. The van der Waals surface area contributed by atoms with Gasteiger partial charge in [0, 0.05) is 10.5 Å². The molecule has 18 heavy (non-hydrogen) atoms. The number of hydrogen-bond acceptors (Lipinski definition) is 1. The largest absolute Gasteiger partial charge is 0.327 e. The number of benzene rings is 1. The Morgan fingerprint density at radius 3 is 2.83 bits per heavy atom. The van der Waals surface area contributed by atoms with Crippen molar-refractivity contribution in [3.8, 4) is 0 Å². The van der Waals surface area contributed by atoms with Gasteiger partial charge in [0.15, 0.2) is 0 Å². The summed E-state index contributed by atoms with van der Waals surface area (Å²) in [5.41, 5.74) is 6.99. The van der Waals surface area contributed by atoms with Crippen molar-refractivity contribution >= 4 is 15.9 Å². The van der Waals surface area contributed by atoms with Crippen LogP contribution in [0.4, 0.5) is 4.39 Å². The fourth-order valence-electron chi connectivity index (χ4n) is 2.96. The maximum absolute atomic E-state index is 13.8. The number of rotatable bonds is 3. The monoisotopic (exact) mass is 313 g/mol. The highest BCUT2D eigenvalue weighted by atomic mass is 79.9. The van der Waals surface area contributed by atoms with Gasteiger partial charge >= 0.3 is 0 Å². The van der Waals surface area contributed by atoms with E-state index in [0.29, 0.717) is 5.92 Å². The third-order valence-electron chi connectivity index (χ3n) is 4.22. The molecule has 0 aromatic heterocycles. The van der Waals surface area contributed by atoms with Gasteiger partial charge in [-0.1, -0.05) is 35.3 Å². The van der Waals surface area contributed by atoms with Gasteiger partial charge in [-0.2, -0.15) is 0 Å². The molecule has 2 N–H and O–H groups in total. The van der Waals surface area contributed by atoms with Gasteiger partial charge in [-0.05, 0) is 55.2 Å². The highest BCUT2D eigenvalue weighted by Gasteiger charge is 2.27. The first-order valence-corrected chi connectivity index (χ1v) is 7.59. The normalized spacial score (nSPS) is 28.3. The van der Waals surface area contributed by atoms with Crippen LogP contribution in [-0.2, 0) is 6.42 Å². The van der Waals surface area contributed by atoms with E-state index in [1.165, 1.54) is 12.8 Å². The van der Waals surface area contributed by atoms with Crippen LogP contribution >= 0.6 is 15.9 Å². The Morgan fingerprint density at radius 2 is 2.17 bits per heavy atom. The zero-order valence-electron chi connectivity index (χ0n) is 10.8. The van der Waals surface area contributed by atoms with Gasteiger partial charge in [0.2, 0.25) is 0 Å². The highest BCUT2D eigenvalue weighted by molar-refractivity contribution is 9.10. The van der Waals surface area contributed by atoms with Crippen LogP contribution in [0.15, 0.2) is 22.7 Å². The average Bonchev–Trinajstić information content (AvgIpc) is 2.35. The van der Waals surface area contributed by atoms with E-state index in [1.807, 2.05) is 12.1 Å². The summed E-state index contributed by atoms with van der Waals surface area (Å²) in [7, 11) is 0. The van der Waals surface area contributed by atoms with Gasteiger partial charge in [0.05, 0.1) is 0 Å². The van der Waals surface area contributed by atoms with Crippen LogP contribution in [0, 0.1) is 17.7 Å². The van der Waals surface area contributed by atoms with Gasteiger partial charge in [-0.3, -0.25) is 0 Å². The second kappa shape index (κ2) is 6.16. The zero-order chi connectivity index (χ0) is 13.1. The molecule has 0 saturated heterocycles. The molecule has 1 nitrogen and oxygen atoms in total. The molecule has 1 aliphatic rings. The molecule has 0 aliphatic heterocycles. The molecular weight excluding hydrogens is 293 g/mol. The smallest absolute Gasteiger partial charge is 0.127 e. The van der Waals surface area contributed by atoms with Crippen molar-refractivity contribution in [1.29, 1.82) is 0 Å². The van der Waals surface area contributed by atoms with Crippen LogP contribution in [0.25, 0.3) is 0 Å². The SMILES string of the molecule is CCC1CCC(N)C(Cc2ccc(Br)cc2F)C1. The first kappa shape index (κ1) is 14.0. The van der Waals surface area contributed by atoms with Crippen molar-refractivity contribution < 1.29 is 4.39 Å². The molecule has 3 unspecified atom stereocenters. The van der Waals surface area contributed by atoms with E-state index in [1.54, 1.807) is 6.07 Å². The minimum atomic E-state index is -0.116. The van der Waals surface area contributed by atoms with Crippen LogP contribution in [0.3, 0.4) is 0 Å². The van der Waals surface area contributed by atoms with Crippen molar-refractivity contribution in [1.82, 2.24) is 0 Å². The lowest BCUT2D eigenvalue weighted by Gasteiger charge is -2.34. The van der Waals surface area contributed by atoms with E-state index in [9.17, 15) is 4.39 Å². The number of halogens is 2. The molecule has 0 amide bonds. The number of hydrogen-bond donors (Lipinski definition) is 1. The summed E-state index contributed by atoms with van der Waals surface area (Å²) in [6.07, 6.45) is 5.45. The van der Waals surface area contributed by atoms with E-state index >= 15 is 0 Å². The molecule has 0 radical (unpaired) electrons. The molecule has 3 atom stereocenters. The lowest BCUT2D eigenvalue weighted by atomic mass is 9.75. The Bertz CT molecular complexity index is 407. The average molecular weight is 314 g/mol. The molecule has 3 heteroatoms. The molecular formula is C15H21BrFN. The zero-order valence-corrected chi connectivity index (χ0v) is 12.4. The molecule has 0 spiro atoms. The fraction of sp³-hybridized carbons (Fsp3) is 0.600. The molecule has 1 aromatic carbocycles. The fourth-order valence-corrected chi connectivity index (χ4v) is 3.29. The maximum atomic E-state index is 13.8. The number of nitrogens with two attached hydrogens (primary N) is 1. The van der Waals surface area contributed by atoms with Crippen LogP contribution in [0.2, 0.25) is 0 Å². The summed E-state index contributed by atoms with van der Waals surface area (Å²) >= 11 is 3.29. The quantitative estimate of drug-likeness (QED) is 0.885. The molecule has 1 saturated carbocycles. The van der Waals surface area contributed by atoms with Crippen molar-refractivity contribution in [3.63, 3.8) is 0 Å². The molecule has 2 rings (SSSR count). The summed E-state index contributed by atoms with van der Waals surface area (Å²) in [6, 6.07) is 5.56. The Balaban J connectivity index is 2.07. The van der Waals surface area contributed by atoms with E-state index in [-0.39, 0.29) is 11.9 Å². The third-order valence-corrected chi connectivity index (χ3v) is 4.72. The lowest BCUT2D eigenvalue weighted by molar-refractivity contribution is 0.226. The van der Waals surface area contributed by atoms with E-state index in [2.05, 4.69) is 22.9 Å². The Hall–Kier alpha value is -0.410. The topological polar surface area (TPSA) is 26.0 Å². The van der Waals surface area contributed by atoms with E-state index in [4.69, 9.17) is 5.73 Å². The second-order valence-electron chi connectivity index (χ2n) is 5.45. The standard InChI is InChI=1S/C15H21BrFN/c1-2-10-3-6-15(18)12(7-10)8-11-4-5-13(16)9-14(11)17/h4-5,9-10,12,15H,2-3,6-8,18H2,1H3. The molecule has 0 bridgehead atoms. The Kier molecular flexibility index (Phi) is 4.79. The predicted octanol–water partition coefficient (Wildman–Crippen LogP) is 4.28. The van der Waals surface area contributed by atoms with Gasteiger partial charge in [0.25, 0.3) is 0 Å². The molecule has 0 heterocycles. The van der Waals surface area contributed by atoms with Crippen molar-refractivity contribution in [2.24, 2.45) is 17.6 Å². The molecule has 1 aliphatic carbocycles.